The van der Waals surface area contributed by atoms with Gasteiger partial charge in [0.15, 0.2) is 18.1 Å². The fourth-order valence-corrected chi connectivity index (χ4v) is 2.46. The first-order chi connectivity index (χ1) is 11.6. The van der Waals surface area contributed by atoms with Crippen LogP contribution >= 0.6 is 0 Å². The van der Waals surface area contributed by atoms with E-state index >= 15 is 0 Å². The fraction of sp³-hybridized carbons (Fsp3) is 0.211. The number of ketones is 1. The van der Waals surface area contributed by atoms with E-state index in [4.69, 9.17) is 4.74 Å². The van der Waals surface area contributed by atoms with E-state index < -0.39 is 5.97 Å². The molecule has 0 aliphatic carbocycles. The van der Waals surface area contributed by atoms with Gasteiger partial charge in [0.25, 0.3) is 0 Å². The number of carbonyl (C=O) groups is 2. The van der Waals surface area contributed by atoms with Crippen molar-refractivity contribution in [3.8, 4) is 0 Å². The van der Waals surface area contributed by atoms with Gasteiger partial charge in [-0.15, -0.1) is 0 Å². The molecule has 1 N–H and O–H groups in total. The molecule has 0 aliphatic heterocycles. The SMILES string of the molecule is CC(C)c1ccc(C(=O)COC(=O)c2n[nH]c3ccccc23)cc1. The fourth-order valence-electron chi connectivity index (χ4n) is 2.46. The normalized spacial score (nSPS) is 11.0. The van der Waals surface area contributed by atoms with Gasteiger partial charge < -0.3 is 4.74 Å². The molecule has 0 radical (unpaired) electrons. The molecule has 0 unspecified atom stereocenters. The molecule has 0 spiro atoms. The number of aromatic amines is 1. The van der Waals surface area contributed by atoms with E-state index in [9.17, 15) is 9.59 Å². The number of H-pyrrole nitrogens is 1. The topological polar surface area (TPSA) is 72.1 Å². The van der Waals surface area contributed by atoms with Crippen LogP contribution in [0.25, 0.3) is 10.9 Å². The van der Waals surface area contributed by atoms with Crippen molar-refractivity contribution in [1.29, 1.82) is 0 Å². The van der Waals surface area contributed by atoms with E-state index in [1.54, 1.807) is 18.2 Å². The van der Waals surface area contributed by atoms with Crippen molar-refractivity contribution in [3.63, 3.8) is 0 Å². The van der Waals surface area contributed by atoms with Crippen LogP contribution in [0.1, 0.15) is 46.2 Å². The summed E-state index contributed by atoms with van der Waals surface area (Å²) in [7, 11) is 0. The van der Waals surface area contributed by atoms with Crippen LogP contribution in [-0.2, 0) is 4.74 Å². The number of hydrogen-bond acceptors (Lipinski definition) is 4. The molecule has 3 rings (SSSR count). The minimum absolute atomic E-state index is 0.188. The van der Waals surface area contributed by atoms with Gasteiger partial charge in [-0.2, -0.15) is 5.10 Å². The minimum Gasteiger partial charge on any atom is -0.452 e. The van der Waals surface area contributed by atoms with Crippen molar-refractivity contribution in [1.82, 2.24) is 10.2 Å². The molecule has 0 saturated heterocycles. The first-order valence-corrected chi connectivity index (χ1v) is 7.79. The van der Waals surface area contributed by atoms with E-state index in [1.807, 2.05) is 30.3 Å². The van der Waals surface area contributed by atoms with Gasteiger partial charge in [-0.05, 0) is 17.5 Å². The Morgan fingerprint density at radius 3 is 2.50 bits per heavy atom. The summed E-state index contributed by atoms with van der Waals surface area (Å²) in [5.41, 5.74) is 2.62. The van der Waals surface area contributed by atoms with Crippen LogP contribution in [0.2, 0.25) is 0 Å². The van der Waals surface area contributed by atoms with E-state index in [-0.39, 0.29) is 18.1 Å². The molecule has 0 fully saturated rings. The Labute approximate surface area is 139 Å². The molecular weight excluding hydrogens is 304 g/mol. The molecule has 0 amide bonds. The first-order valence-electron chi connectivity index (χ1n) is 7.79. The second kappa shape index (κ2) is 6.66. The zero-order valence-corrected chi connectivity index (χ0v) is 13.6. The molecule has 2 aromatic carbocycles. The lowest BCUT2D eigenvalue weighted by Crippen LogP contribution is -2.14. The van der Waals surface area contributed by atoms with Crippen LogP contribution in [0.15, 0.2) is 48.5 Å². The lowest BCUT2D eigenvalue weighted by atomic mass is 10.0. The summed E-state index contributed by atoms with van der Waals surface area (Å²) < 4.78 is 5.12. The Hall–Kier alpha value is -2.95. The molecule has 0 bridgehead atoms. The van der Waals surface area contributed by atoms with Crippen molar-refractivity contribution in [2.24, 2.45) is 0 Å². The molecule has 1 aromatic heterocycles. The Bertz CT molecular complexity index is 879. The number of fused-ring (bicyclic) bond motifs is 1. The van der Waals surface area contributed by atoms with E-state index in [1.165, 1.54) is 0 Å². The maximum atomic E-state index is 12.2. The van der Waals surface area contributed by atoms with Gasteiger partial charge in [-0.1, -0.05) is 56.3 Å². The summed E-state index contributed by atoms with van der Waals surface area (Å²) in [6, 6.07) is 14.6. The highest BCUT2D eigenvalue weighted by atomic mass is 16.5. The van der Waals surface area contributed by atoms with Crippen LogP contribution in [-0.4, -0.2) is 28.6 Å². The molecule has 1 heterocycles. The molecule has 0 aliphatic rings. The molecule has 0 atom stereocenters. The van der Waals surface area contributed by atoms with Gasteiger partial charge in [0.1, 0.15) is 0 Å². The summed E-state index contributed by atoms with van der Waals surface area (Å²) in [6.45, 7) is 3.88. The van der Waals surface area contributed by atoms with Crippen molar-refractivity contribution in [2.75, 3.05) is 6.61 Å². The van der Waals surface area contributed by atoms with E-state index in [0.29, 0.717) is 16.9 Å². The van der Waals surface area contributed by atoms with E-state index in [2.05, 4.69) is 24.0 Å². The number of rotatable bonds is 5. The van der Waals surface area contributed by atoms with Crippen LogP contribution in [0.5, 0.6) is 0 Å². The van der Waals surface area contributed by atoms with Crippen molar-refractivity contribution < 1.29 is 14.3 Å². The quantitative estimate of drug-likeness (QED) is 0.574. The van der Waals surface area contributed by atoms with Crippen LogP contribution in [0, 0.1) is 0 Å². The van der Waals surface area contributed by atoms with Gasteiger partial charge in [-0.3, -0.25) is 9.89 Å². The third-order valence-corrected chi connectivity index (χ3v) is 3.90. The number of esters is 1. The standard InChI is InChI=1S/C19H18N2O3/c1-12(2)13-7-9-14(10-8-13)17(22)11-24-19(23)18-15-5-3-4-6-16(15)20-21-18/h3-10,12H,11H2,1-2H3,(H,20,21). The number of ether oxygens (including phenoxy) is 1. The van der Waals surface area contributed by atoms with Crippen LogP contribution < -0.4 is 0 Å². The summed E-state index contributed by atoms with van der Waals surface area (Å²) >= 11 is 0. The summed E-state index contributed by atoms with van der Waals surface area (Å²) in [4.78, 5) is 24.3. The van der Waals surface area contributed by atoms with Gasteiger partial charge in [0.2, 0.25) is 0 Å². The van der Waals surface area contributed by atoms with Gasteiger partial charge in [0, 0.05) is 10.9 Å². The molecule has 122 valence electrons. The number of nitrogens with one attached hydrogen (secondary N) is 1. The Kier molecular flexibility index (Phi) is 4.42. The number of nitrogens with zero attached hydrogens (tertiary/aromatic N) is 1. The second-order valence-electron chi connectivity index (χ2n) is 5.89. The number of aromatic nitrogens is 2. The van der Waals surface area contributed by atoms with Crippen molar-refractivity contribution in [3.05, 3.63) is 65.4 Å². The summed E-state index contributed by atoms with van der Waals surface area (Å²) in [5, 5.41) is 7.41. The largest absolute Gasteiger partial charge is 0.452 e. The lowest BCUT2D eigenvalue weighted by molar-refractivity contribution is 0.0471. The van der Waals surface area contributed by atoms with Gasteiger partial charge in [-0.25, -0.2) is 4.79 Å². The predicted molar refractivity (Wildman–Crippen MR) is 91.2 cm³/mol. The van der Waals surface area contributed by atoms with Gasteiger partial charge >= 0.3 is 5.97 Å². The highest BCUT2D eigenvalue weighted by Crippen LogP contribution is 2.17. The third-order valence-electron chi connectivity index (χ3n) is 3.90. The Morgan fingerprint density at radius 2 is 1.79 bits per heavy atom. The number of hydrogen-bond donors (Lipinski definition) is 1. The molecule has 5 heteroatoms. The molecular formula is C19H18N2O3. The smallest absolute Gasteiger partial charge is 0.359 e. The van der Waals surface area contributed by atoms with Crippen molar-refractivity contribution in [2.45, 2.75) is 19.8 Å². The molecule has 5 nitrogen and oxygen atoms in total. The summed E-state index contributed by atoms with van der Waals surface area (Å²) in [6.07, 6.45) is 0. The van der Waals surface area contributed by atoms with Gasteiger partial charge in [0.05, 0.1) is 5.52 Å². The first kappa shape index (κ1) is 15.9. The third kappa shape index (κ3) is 3.20. The lowest BCUT2D eigenvalue weighted by Gasteiger charge is -2.07. The highest BCUT2D eigenvalue weighted by Gasteiger charge is 2.17. The number of Topliss-reactive ketones (excluding diaryl/α,β-unsaturated/α-hetero) is 1. The molecule has 24 heavy (non-hydrogen) atoms. The number of carbonyl (C=O) groups excluding carboxylic acids is 2. The monoisotopic (exact) mass is 322 g/mol. The zero-order chi connectivity index (χ0) is 17.1. The maximum Gasteiger partial charge on any atom is 0.359 e. The average molecular weight is 322 g/mol. The number of para-hydroxylation sites is 1. The Morgan fingerprint density at radius 1 is 1.08 bits per heavy atom. The van der Waals surface area contributed by atoms with Crippen LogP contribution in [0.3, 0.4) is 0 Å². The predicted octanol–water partition coefficient (Wildman–Crippen LogP) is 3.73. The minimum atomic E-state index is -0.611. The highest BCUT2D eigenvalue weighted by molar-refractivity contribution is 6.03. The molecule has 3 aromatic rings. The second-order valence-corrected chi connectivity index (χ2v) is 5.89. The average Bonchev–Trinajstić information content (AvgIpc) is 3.03. The summed E-state index contributed by atoms with van der Waals surface area (Å²) in [5.74, 6) is -0.446. The van der Waals surface area contributed by atoms with E-state index in [0.717, 1.165) is 11.1 Å². The zero-order valence-electron chi connectivity index (χ0n) is 13.6. The number of benzene rings is 2. The Balaban J connectivity index is 1.66. The molecule has 0 saturated carbocycles. The maximum absolute atomic E-state index is 12.2. The van der Waals surface area contributed by atoms with Crippen molar-refractivity contribution >= 4 is 22.7 Å². The van der Waals surface area contributed by atoms with Crippen LogP contribution in [0.4, 0.5) is 0 Å².